The van der Waals surface area contributed by atoms with Crippen molar-refractivity contribution in [3.63, 3.8) is 0 Å². The number of hydrogen-bond donors (Lipinski definition) is 1. The zero-order chi connectivity index (χ0) is 20.6. The van der Waals surface area contributed by atoms with Gasteiger partial charge in [-0.25, -0.2) is 0 Å². The quantitative estimate of drug-likeness (QED) is 0.565. The van der Waals surface area contributed by atoms with E-state index in [0.29, 0.717) is 23.8 Å². The third-order valence-electron chi connectivity index (χ3n) is 4.23. The van der Waals surface area contributed by atoms with E-state index in [1.165, 1.54) is 6.08 Å². The second-order valence-corrected chi connectivity index (χ2v) is 6.88. The van der Waals surface area contributed by atoms with E-state index in [9.17, 15) is 4.79 Å². The Bertz CT molecular complexity index is 975. The zero-order valence-corrected chi connectivity index (χ0v) is 17.3. The van der Waals surface area contributed by atoms with Gasteiger partial charge in [-0.2, -0.15) is 11.3 Å². The SMILES string of the molecule is COc1cc(/C=C/C(=O)NCc2cncc(-c3ccsc3)c2)cc(OC)c1OC. The predicted molar refractivity (Wildman–Crippen MR) is 115 cm³/mol. The molecule has 0 unspecified atom stereocenters. The first-order valence-electron chi connectivity index (χ1n) is 8.87. The highest BCUT2D eigenvalue weighted by Crippen LogP contribution is 2.38. The first-order chi connectivity index (χ1) is 14.1. The Morgan fingerprint density at radius 2 is 1.83 bits per heavy atom. The second-order valence-electron chi connectivity index (χ2n) is 6.10. The number of aromatic nitrogens is 1. The van der Waals surface area contributed by atoms with Gasteiger partial charge >= 0.3 is 0 Å². The van der Waals surface area contributed by atoms with E-state index in [-0.39, 0.29) is 5.91 Å². The van der Waals surface area contributed by atoms with Crippen LogP contribution < -0.4 is 19.5 Å². The molecule has 2 heterocycles. The van der Waals surface area contributed by atoms with E-state index in [0.717, 1.165) is 22.3 Å². The fourth-order valence-electron chi connectivity index (χ4n) is 2.79. The molecular formula is C22H22N2O4S. The monoisotopic (exact) mass is 410 g/mol. The van der Waals surface area contributed by atoms with Gasteiger partial charge in [-0.1, -0.05) is 0 Å². The lowest BCUT2D eigenvalue weighted by atomic mass is 10.1. The van der Waals surface area contributed by atoms with Gasteiger partial charge in [0.05, 0.1) is 21.3 Å². The molecular weight excluding hydrogens is 388 g/mol. The Morgan fingerprint density at radius 1 is 1.07 bits per heavy atom. The molecule has 29 heavy (non-hydrogen) atoms. The molecule has 0 spiro atoms. The third kappa shape index (κ3) is 5.14. The Morgan fingerprint density at radius 3 is 2.45 bits per heavy atom. The Kier molecular flexibility index (Phi) is 6.86. The van der Waals surface area contributed by atoms with Crippen molar-refractivity contribution >= 4 is 23.3 Å². The van der Waals surface area contributed by atoms with Gasteiger partial charge in [-0.15, -0.1) is 0 Å². The molecule has 1 N–H and O–H groups in total. The number of hydrogen-bond acceptors (Lipinski definition) is 6. The standard InChI is InChI=1S/C22H22N2O4S/c1-26-19-9-15(10-20(27-2)22(19)28-3)4-5-21(25)24-12-16-8-18(13-23-11-16)17-6-7-29-14-17/h4-11,13-14H,12H2,1-3H3,(H,24,25)/b5-4+. The third-order valence-corrected chi connectivity index (χ3v) is 4.91. The highest BCUT2D eigenvalue weighted by Gasteiger charge is 2.12. The van der Waals surface area contributed by atoms with E-state index in [4.69, 9.17) is 14.2 Å². The molecule has 0 aliphatic carbocycles. The van der Waals surface area contributed by atoms with Crippen molar-refractivity contribution in [1.82, 2.24) is 10.3 Å². The van der Waals surface area contributed by atoms with E-state index in [1.54, 1.807) is 57.1 Å². The molecule has 1 aromatic carbocycles. The lowest BCUT2D eigenvalue weighted by molar-refractivity contribution is -0.116. The number of thiophene rings is 1. The van der Waals surface area contributed by atoms with Crippen molar-refractivity contribution in [3.05, 3.63) is 64.6 Å². The van der Waals surface area contributed by atoms with Gasteiger partial charge in [0, 0.05) is 30.6 Å². The van der Waals surface area contributed by atoms with Gasteiger partial charge in [0.2, 0.25) is 11.7 Å². The van der Waals surface area contributed by atoms with Crippen molar-refractivity contribution in [3.8, 4) is 28.4 Å². The Labute approximate surface area is 173 Å². The van der Waals surface area contributed by atoms with Crippen LogP contribution in [0.25, 0.3) is 17.2 Å². The molecule has 1 amide bonds. The number of amides is 1. The largest absolute Gasteiger partial charge is 0.493 e. The maximum Gasteiger partial charge on any atom is 0.244 e. The minimum absolute atomic E-state index is 0.209. The summed E-state index contributed by atoms with van der Waals surface area (Å²) in [7, 11) is 4.65. The first kappa shape index (κ1) is 20.4. The van der Waals surface area contributed by atoms with Crippen molar-refractivity contribution in [2.24, 2.45) is 0 Å². The molecule has 150 valence electrons. The molecule has 0 saturated heterocycles. The van der Waals surface area contributed by atoms with Crippen molar-refractivity contribution in [2.45, 2.75) is 6.54 Å². The maximum absolute atomic E-state index is 12.2. The fourth-order valence-corrected chi connectivity index (χ4v) is 3.45. The number of pyridine rings is 1. The van der Waals surface area contributed by atoms with Crippen LogP contribution in [0, 0.1) is 0 Å². The van der Waals surface area contributed by atoms with Gasteiger partial charge in [-0.3, -0.25) is 9.78 Å². The van der Waals surface area contributed by atoms with E-state index in [1.807, 2.05) is 23.7 Å². The van der Waals surface area contributed by atoms with Gasteiger partial charge in [0.15, 0.2) is 11.5 Å². The van der Waals surface area contributed by atoms with Crippen LogP contribution in [0.2, 0.25) is 0 Å². The number of carbonyl (C=O) groups excluding carboxylic acids is 1. The molecule has 0 aliphatic rings. The van der Waals surface area contributed by atoms with Crippen LogP contribution in [-0.2, 0) is 11.3 Å². The molecule has 0 aliphatic heterocycles. The number of nitrogens with zero attached hydrogens (tertiary/aromatic N) is 1. The topological polar surface area (TPSA) is 69.7 Å². The van der Waals surface area contributed by atoms with E-state index >= 15 is 0 Å². The number of carbonyl (C=O) groups is 1. The Hall–Kier alpha value is -3.32. The first-order valence-corrected chi connectivity index (χ1v) is 9.81. The van der Waals surface area contributed by atoms with E-state index < -0.39 is 0 Å². The van der Waals surface area contributed by atoms with Crippen LogP contribution >= 0.6 is 11.3 Å². The molecule has 0 atom stereocenters. The van der Waals surface area contributed by atoms with Crippen molar-refractivity contribution in [1.29, 1.82) is 0 Å². The number of rotatable bonds is 8. The van der Waals surface area contributed by atoms with Crippen LogP contribution in [0.5, 0.6) is 17.2 Å². The van der Waals surface area contributed by atoms with Crippen LogP contribution in [0.1, 0.15) is 11.1 Å². The number of benzene rings is 1. The average molecular weight is 410 g/mol. The van der Waals surface area contributed by atoms with Gasteiger partial charge in [0.1, 0.15) is 0 Å². The molecule has 7 heteroatoms. The summed E-state index contributed by atoms with van der Waals surface area (Å²) in [6.07, 6.45) is 6.73. The number of nitrogens with one attached hydrogen (secondary N) is 1. The summed E-state index contributed by atoms with van der Waals surface area (Å²) in [5.41, 5.74) is 3.85. The fraction of sp³-hybridized carbons (Fsp3) is 0.182. The van der Waals surface area contributed by atoms with Crippen LogP contribution in [0.15, 0.2) is 53.5 Å². The van der Waals surface area contributed by atoms with E-state index in [2.05, 4.69) is 15.7 Å². The summed E-state index contributed by atoms with van der Waals surface area (Å²) in [4.78, 5) is 16.5. The summed E-state index contributed by atoms with van der Waals surface area (Å²) in [5.74, 6) is 1.36. The lowest BCUT2D eigenvalue weighted by Gasteiger charge is -2.12. The molecule has 0 fully saturated rings. The van der Waals surface area contributed by atoms with Gasteiger partial charge < -0.3 is 19.5 Å². The normalized spacial score (nSPS) is 10.7. The summed E-state index contributed by atoms with van der Waals surface area (Å²) >= 11 is 1.64. The number of ether oxygens (including phenoxy) is 3. The minimum atomic E-state index is -0.209. The number of methoxy groups -OCH3 is 3. The van der Waals surface area contributed by atoms with Crippen LogP contribution in [0.3, 0.4) is 0 Å². The minimum Gasteiger partial charge on any atom is -0.493 e. The smallest absolute Gasteiger partial charge is 0.244 e. The average Bonchev–Trinajstić information content (AvgIpc) is 3.30. The zero-order valence-electron chi connectivity index (χ0n) is 16.5. The Balaban J connectivity index is 1.65. The highest BCUT2D eigenvalue weighted by molar-refractivity contribution is 7.08. The summed E-state index contributed by atoms with van der Waals surface area (Å²) in [6.45, 7) is 0.392. The van der Waals surface area contributed by atoms with Gasteiger partial charge in [0.25, 0.3) is 0 Å². The molecule has 0 bridgehead atoms. The molecule has 3 rings (SSSR count). The maximum atomic E-state index is 12.2. The molecule has 2 aromatic heterocycles. The second kappa shape index (κ2) is 9.75. The highest BCUT2D eigenvalue weighted by atomic mass is 32.1. The molecule has 6 nitrogen and oxygen atoms in total. The summed E-state index contributed by atoms with van der Waals surface area (Å²) in [5, 5.41) is 6.97. The van der Waals surface area contributed by atoms with Crippen molar-refractivity contribution in [2.75, 3.05) is 21.3 Å². The van der Waals surface area contributed by atoms with Crippen LogP contribution in [-0.4, -0.2) is 32.2 Å². The summed E-state index contributed by atoms with van der Waals surface area (Å²) < 4.78 is 16.0. The molecule has 0 saturated carbocycles. The van der Waals surface area contributed by atoms with Gasteiger partial charge in [-0.05, 0) is 57.8 Å². The lowest BCUT2D eigenvalue weighted by Crippen LogP contribution is -2.20. The predicted octanol–water partition coefficient (Wildman–Crippen LogP) is 4.17. The van der Waals surface area contributed by atoms with Crippen molar-refractivity contribution < 1.29 is 19.0 Å². The molecule has 0 radical (unpaired) electrons. The molecule has 3 aromatic rings. The summed E-state index contributed by atoms with van der Waals surface area (Å²) in [6, 6.07) is 7.63. The van der Waals surface area contributed by atoms with Crippen LogP contribution in [0.4, 0.5) is 0 Å².